The molecule has 27 heavy (non-hydrogen) atoms. The van der Waals surface area contributed by atoms with Gasteiger partial charge in [0.1, 0.15) is 11.4 Å². The Hall–Kier alpha value is -3.41. The lowest BCUT2D eigenvalue weighted by molar-refractivity contribution is 0.102. The third kappa shape index (κ3) is 5.04. The molecular formula is C21H22N4O2. The van der Waals surface area contributed by atoms with Crippen LogP contribution in [0.5, 0.6) is 5.75 Å². The monoisotopic (exact) mass is 362 g/mol. The summed E-state index contributed by atoms with van der Waals surface area (Å²) in [6.07, 6.45) is 0.00558. The minimum Gasteiger partial charge on any atom is -0.489 e. The molecule has 2 N–H and O–H groups in total. The van der Waals surface area contributed by atoms with Gasteiger partial charge in [-0.1, -0.05) is 30.3 Å². The van der Waals surface area contributed by atoms with Gasteiger partial charge in [-0.25, -0.2) is 9.97 Å². The van der Waals surface area contributed by atoms with Crippen LogP contribution in [0.15, 0.2) is 60.7 Å². The molecule has 0 saturated heterocycles. The van der Waals surface area contributed by atoms with Crippen LogP contribution in [0, 0.1) is 6.92 Å². The molecule has 0 atom stereocenters. The fourth-order valence-corrected chi connectivity index (χ4v) is 2.50. The van der Waals surface area contributed by atoms with Crippen molar-refractivity contribution in [3.05, 3.63) is 72.1 Å². The molecule has 0 unspecified atom stereocenters. The molecule has 3 rings (SSSR count). The number of carbonyl (C=O) groups excluding carboxylic acids is 1. The molecule has 1 amide bonds. The van der Waals surface area contributed by atoms with E-state index in [1.807, 2.05) is 69.3 Å². The first-order valence-electron chi connectivity index (χ1n) is 8.76. The topological polar surface area (TPSA) is 76.1 Å². The Morgan fingerprint density at radius 2 is 1.70 bits per heavy atom. The Morgan fingerprint density at radius 3 is 2.44 bits per heavy atom. The number of rotatable bonds is 6. The maximum absolute atomic E-state index is 12.7. The second-order valence-corrected chi connectivity index (χ2v) is 6.33. The van der Waals surface area contributed by atoms with Gasteiger partial charge in [0.15, 0.2) is 0 Å². The van der Waals surface area contributed by atoms with Crippen LogP contribution in [0.4, 0.5) is 17.3 Å². The van der Waals surface area contributed by atoms with E-state index in [9.17, 15) is 4.79 Å². The Bertz CT molecular complexity index is 926. The summed E-state index contributed by atoms with van der Waals surface area (Å²) in [6.45, 7) is 5.70. The largest absolute Gasteiger partial charge is 0.489 e. The van der Waals surface area contributed by atoms with Crippen LogP contribution < -0.4 is 15.4 Å². The van der Waals surface area contributed by atoms with Crippen molar-refractivity contribution in [1.29, 1.82) is 0 Å². The Labute approximate surface area is 158 Å². The SMILES string of the molecule is Cc1cc(C(=O)Nc2ccccc2OC(C)C)nc(Nc2ccccc2)n1. The number of benzene rings is 2. The second kappa shape index (κ2) is 8.31. The predicted octanol–water partition coefficient (Wildman–Crippen LogP) is 4.57. The highest BCUT2D eigenvalue weighted by Crippen LogP contribution is 2.25. The van der Waals surface area contributed by atoms with E-state index in [1.54, 1.807) is 12.1 Å². The van der Waals surface area contributed by atoms with Crippen molar-refractivity contribution in [3.63, 3.8) is 0 Å². The summed E-state index contributed by atoms with van der Waals surface area (Å²) in [6, 6.07) is 18.6. The second-order valence-electron chi connectivity index (χ2n) is 6.33. The van der Waals surface area contributed by atoms with Crippen LogP contribution >= 0.6 is 0 Å². The van der Waals surface area contributed by atoms with Crippen molar-refractivity contribution >= 4 is 23.2 Å². The lowest BCUT2D eigenvalue weighted by atomic mass is 10.2. The smallest absolute Gasteiger partial charge is 0.274 e. The van der Waals surface area contributed by atoms with Crippen LogP contribution in [0.3, 0.4) is 0 Å². The van der Waals surface area contributed by atoms with Gasteiger partial charge < -0.3 is 15.4 Å². The summed E-state index contributed by atoms with van der Waals surface area (Å²) in [5.41, 5.74) is 2.43. The van der Waals surface area contributed by atoms with Crippen molar-refractivity contribution in [2.75, 3.05) is 10.6 Å². The number of aromatic nitrogens is 2. The summed E-state index contributed by atoms with van der Waals surface area (Å²) in [7, 11) is 0. The molecule has 0 aliphatic rings. The van der Waals surface area contributed by atoms with E-state index in [4.69, 9.17) is 4.74 Å². The summed E-state index contributed by atoms with van der Waals surface area (Å²) in [5, 5.41) is 5.98. The number of hydrogen-bond donors (Lipinski definition) is 2. The average Bonchev–Trinajstić information content (AvgIpc) is 2.63. The molecule has 138 valence electrons. The highest BCUT2D eigenvalue weighted by atomic mass is 16.5. The molecule has 0 fully saturated rings. The van der Waals surface area contributed by atoms with Gasteiger partial charge in [-0.05, 0) is 51.1 Å². The molecule has 0 spiro atoms. The van der Waals surface area contributed by atoms with Gasteiger partial charge in [-0.2, -0.15) is 0 Å². The van der Waals surface area contributed by atoms with Crippen LogP contribution in [-0.2, 0) is 0 Å². The normalized spacial score (nSPS) is 10.5. The molecule has 6 heteroatoms. The van der Waals surface area contributed by atoms with Gasteiger partial charge >= 0.3 is 0 Å². The van der Waals surface area contributed by atoms with Crippen molar-refractivity contribution < 1.29 is 9.53 Å². The molecule has 1 aromatic heterocycles. The van der Waals surface area contributed by atoms with Crippen molar-refractivity contribution in [2.45, 2.75) is 26.9 Å². The highest BCUT2D eigenvalue weighted by Gasteiger charge is 2.14. The number of carbonyl (C=O) groups is 1. The number of nitrogens with zero attached hydrogens (tertiary/aromatic N) is 2. The fraction of sp³-hybridized carbons (Fsp3) is 0.190. The molecule has 0 radical (unpaired) electrons. The third-order valence-corrected chi connectivity index (χ3v) is 3.61. The summed E-state index contributed by atoms with van der Waals surface area (Å²) < 4.78 is 5.75. The van der Waals surface area contributed by atoms with E-state index in [-0.39, 0.29) is 17.7 Å². The Kier molecular flexibility index (Phi) is 5.66. The molecule has 3 aromatic rings. The minimum absolute atomic E-state index is 0.00558. The predicted molar refractivity (Wildman–Crippen MR) is 107 cm³/mol. The minimum atomic E-state index is -0.323. The van der Waals surface area contributed by atoms with E-state index in [2.05, 4.69) is 20.6 Å². The van der Waals surface area contributed by atoms with E-state index in [0.717, 1.165) is 5.69 Å². The number of aryl methyl sites for hydroxylation is 1. The van der Waals surface area contributed by atoms with Gasteiger partial charge in [0.05, 0.1) is 11.8 Å². The molecule has 0 aliphatic carbocycles. The van der Waals surface area contributed by atoms with E-state index in [0.29, 0.717) is 23.1 Å². The highest BCUT2D eigenvalue weighted by molar-refractivity contribution is 6.03. The van der Waals surface area contributed by atoms with E-state index < -0.39 is 0 Å². The first kappa shape index (κ1) is 18.4. The Balaban J connectivity index is 1.81. The van der Waals surface area contributed by atoms with Gasteiger partial charge in [0.2, 0.25) is 5.95 Å². The molecular weight excluding hydrogens is 340 g/mol. The van der Waals surface area contributed by atoms with Gasteiger partial charge in [0, 0.05) is 11.4 Å². The van der Waals surface area contributed by atoms with Crippen LogP contribution in [0.25, 0.3) is 0 Å². The molecule has 2 aromatic carbocycles. The van der Waals surface area contributed by atoms with Gasteiger partial charge in [-0.3, -0.25) is 4.79 Å². The quantitative estimate of drug-likeness (QED) is 0.672. The zero-order valence-corrected chi connectivity index (χ0v) is 15.6. The fourth-order valence-electron chi connectivity index (χ4n) is 2.50. The number of hydrogen-bond acceptors (Lipinski definition) is 5. The first-order chi connectivity index (χ1) is 13.0. The van der Waals surface area contributed by atoms with E-state index in [1.165, 1.54) is 0 Å². The first-order valence-corrected chi connectivity index (χ1v) is 8.76. The number of para-hydroxylation sites is 3. The maximum Gasteiger partial charge on any atom is 0.274 e. The molecule has 6 nitrogen and oxygen atoms in total. The number of ether oxygens (including phenoxy) is 1. The molecule has 0 saturated carbocycles. The zero-order chi connectivity index (χ0) is 19.2. The molecule has 1 heterocycles. The maximum atomic E-state index is 12.7. The van der Waals surface area contributed by atoms with Crippen molar-refractivity contribution in [3.8, 4) is 5.75 Å². The van der Waals surface area contributed by atoms with Gasteiger partial charge in [0.25, 0.3) is 5.91 Å². The van der Waals surface area contributed by atoms with Crippen molar-refractivity contribution in [1.82, 2.24) is 9.97 Å². The average molecular weight is 362 g/mol. The van der Waals surface area contributed by atoms with Crippen molar-refractivity contribution in [2.24, 2.45) is 0 Å². The summed E-state index contributed by atoms with van der Waals surface area (Å²) in [4.78, 5) is 21.4. The van der Waals surface area contributed by atoms with Crippen LogP contribution in [-0.4, -0.2) is 22.0 Å². The standard InChI is InChI=1S/C21H22N4O2/c1-14(2)27-19-12-8-7-11-17(19)24-20(26)18-13-15(3)22-21(25-18)23-16-9-5-4-6-10-16/h4-14H,1-3H3,(H,24,26)(H,22,23,25). The van der Waals surface area contributed by atoms with Crippen LogP contribution in [0.2, 0.25) is 0 Å². The van der Waals surface area contributed by atoms with E-state index >= 15 is 0 Å². The summed E-state index contributed by atoms with van der Waals surface area (Å²) >= 11 is 0. The zero-order valence-electron chi connectivity index (χ0n) is 15.6. The number of anilines is 3. The molecule has 0 bridgehead atoms. The number of nitrogens with one attached hydrogen (secondary N) is 2. The third-order valence-electron chi connectivity index (χ3n) is 3.61. The number of amides is 1. The lowest BCUT2D eigenvalue weighted by Crippen LogP contribution is -2.17. The van der Waals surface area contributed by atoms with Crippen LogP contribution in [0.1, 0.15) is 30.0 Å². The molecule has 0 aliphatic heterocycles. The van der Waals surface area contributed by atoms with Gasteiger partial charge in [-0.15, -0.1) is 0 Å². The summed E-state index contributed by atoms with van der Waals surface area (Å²) in [5.74, 6) is 0.670. The lowest BCUT2D eigenvalue weighted by Gasteiger charge is -2.15. The Morgan fingerprint density at radius 1 is 1.00 bits per heavy atom.